The summed E-state index contributed by atoms with van der Waals surface area (Å²) >= 11 is 0. The van der Waals surface area contributed by atoms with Crippen LogP contribution in [0, 0.1) is 5.92 Å². The smallest absolute Gasteiger partial charge is 0.257 e. The fraction of sp³-hybridized carbons (Fsp3) is 0.412. The van der Waals surface area contributed by atoms with Gasteiger partial charge in [0.2, 0.25) is 0 Å². The summed E-state index contributed by atoms with van der Waals surface area (Å²) in [6, 6.07) is 9.79. The first kappa shape index (κ1) is 16.3. The van der Waals surface area contributed by atoms with E-state index in [9.17, 15) is 4.79 Å². The number of fused-ring (bicyclic) bond motifs is 1. The Hall–Kier alpha value is -2.54. The molecule has 0 radical (unpaired) electrons. The number of hydrogen-bond acceptors (Lipinski definition) is 5. The number of hydrogen-bond donors (Lipinski definition) is 3. The number of nitrogens with one attached hydrogen (secondary N) is 3. The van der Waals surface area contributed by atoms with Gasteiger partial charge in [0.05, 0.1) is 6.20 Å². The van der Waals surface area contributed by atoms with Crippen LogP contribution in [0.15, 0.2) is 36.5 Å². The molecule has 0 saturated carbocycles. The monoisotopic (exact) mass is 329 g/mol. The van der Waals surface area contributed by atoms with Gasteiger partial charge in [0, 0.05) is 45.2 Å². The van der Waals surface area contributed by atoms with E-state index < -0.39 is 0 Å². The summed E-state index contributed by atoms with van der Waals surface area (Å²) in [6.07, 6.45) is 1.83. The maximum Gasteiger partial charge on any atom is 0.257 e. The van der Waals surface area contributed by atoms with Crippen LogP contribution in [0.5, 0.6) is 5.75 Å². The minimum atomic E-state index is -0.137. The predicted octanol–water partition coefficient (Wildman–Crippen LogP) is 0.839. The number of amides is 1. The summed E-state index contributed by atoms with van der Waals surface area (Å²) in [5, 5.41) is 13.7. The summed E-state index contributed by atoms with van der Waals surface area (Å²) in [5.41, 5.74) is 1.19. The lowest BCUT2D eigenvalue weighted by Crippen LogP contribution is -2.35. The number of anilines is 1. The van der Waals surface area contributed by atoms with Gasteiger partial charge < -0.3 is 20.7 Å². The third kappa shape index (κ3) is 4.26. The molecule has 0 aliphatic carbocycles. The van der Waals surface area contributed by atoms with E-state index in [2.05, 4.69) is 21.0 Å². The number of carbonyl (C=O) groups is 1. The van der Waals surface area contributed by atoms with Crippen molar-refractivity contribution in [3.05, 3.63) is 42.1 Å². The van der Waals surface area contributed by atoms with Crippen LogP contribution in [-0.4, -0.2) is 42.4 Å². The van der Waals surface area contributed by atoms with Crippen molar-refractivity contribution in [1.82, 2.24) is 20.4 Å². The molecule has 0 saturated heterocycles. The Kier molecular flexibility index (Phi) is 5.32. The quantitative estimate of drug-likeness (QED) is 0.701. The Morgan fingerprint density at radius 1 is 1.38 bits per heavy atom. The molecule has 3 N–H and O–H groups in total. The Morgan fingerprint density at radius 3 is 3.00 bits per heavy atom. The van der Waals surface area contributed by atoms with Crippen LogP contribution in [0.1, 0.15) is 5.56 Å². The molecule has 3 rings (SSSR count). The first-order valence-corrected chi connectivity index (χ1v) is 8.13. The zero-order valence-electron chi connectivity index (χ0n) is 13.8. The standard InChI is InChI=1S/C17H23N5O2/c1-18-17(23)12-24-15-4-2-13(3-5-15)8-19-9-14-10-20-16-6-7-21-22(16)11-14/h2-7,14,19-20H,8-12H2,1H3,(H,18,23). The average Bonchev–Trinajstić information content (AvgIpc) is 3.08. The molecule has 24 heavy (non-hydrogen) atoms. The van der Waals surface area contributed by atoms with Crippen molar-refractivity contribution in [2.24, 2.45) is 5.92 Å². The van der Waals surface area contributed by atoms with Crippen molar-refractivity contribution in [1.29, 1.82) is 0 Å². The molecule has 128 valence electrons. The molecule has 0 fully saturated rings. The van der Waals surface area contributed by atoms with Crippen LogP contribution in [-0.2, 0) is 17.9 Å². The first-order chi connectivity index (χ1) is 11.7. The van der Waals surface area contributed by atoms with Crippen LogP contribution in [0.25, 0.3) is 0 Å². The Bertz CT molecular complexity index is 668. The van der Waals surface area contributed by atoms with E-state index in [1.165, 1.54) is 5.56 Å². The average molecular weight is 329 g/mol. The second kappa shape index (κ2) is 7.83. The first-order valence-electron chi connectivity index (χ1n) is 8.13. The molecule has 0 spiro atoms. The highest BCUT2D eigenvalue weighted by atomic mass is 16.5. The van der Waals surface area contributed by atoms with Crippen LogP contribution in [0.2, 0.25) is 0 Å². The van der Waals surface area contributed by atoms with Gasteiger partial charge in [-0.05, 0) is 17.7 Å². The van der Waals surface area contributed by atoms with E-state index in [0.29, 0.717) is 11.7 Å². The minimum absolute atomic E-state index is 0.0399. The van der Waals surface area contributed by atoms with Gasteiger partial charge in [-0.3, -0.25) is 4.79 Å². The highest BCUT2D eigenvalue weighted by Crippen LogP contribution is 2.16. The summed E-state index contributed by atoms with van der Waals surface area (Å²) in [6.45, 7) is 3.68. The van der Waals surface area contributed by atoms with Crippen molar-refractivity contribution in [3.8, 4) is 5.75 Å². The maximum absolute atomic E-state index is 11.1. The number of nitrogens with zero attached hydrogens (tertiary/aromatic N) is 2. The highest BCUT2D eigenvalue weighted by molar-refractivity contribution is 5.77. The van der Waals surface area contributed by atoms with Gasteiger partial charge in [0.1, 0.15) is 11.6 Å². The lowest BCUT2D eigenvalue weighted by atomic mass is 10.1. The van der Waals surface area contributed by atoms with E-state index in [1.54, 1.807) is 7.05 Å². The molecule has 1 aliphatic rings. The van der Waals surface area contributed by atoms with Crippen LogP contribution in [0.3, 0.4) is 0 Å². The zero-order chi connectivity index (χ0) is 16.8. The summed E-state index contributed by atoms with van der Waals surface area (Å²) in [5.74, 6) is 2.18. The molecule has 1 unspecified atom stereocenters. The number of benzene rings is 1. The van der Waals surface area contributed by atoms with Crippen LogP contribution in [0.4, 0.5) is 5.82 Å². The van der Waals surface area contributed by atoms with Crippen LogP contribution < -0.4 is 20.7 Å². The van der Waals surface area contributed by atoms with E-state index in [0.717, 1.165) is 32.0 Å². The molecule has 1 aromatic heterocycles. The van der Waals surface area contributed by atoms with Crippen molar-refractivity contribution >= 4 is 11.7 Å². The van der Waals surface area contributed by atoms with Crippen LogP contribution >= 0.6 is 0 Å². The lowest BCUT2D eigenvalue weighted by molar-refractivity contribution is -0.122. The third-order valence-electron chi connectivity index (χ3n) is 4.05. The summed E-state index contributed by atoms with van der Waals surface area (Å²) in [4.78, 5) is 11.1. The highest BCUT2D eigenvalue weighted by Gasteiger charge is 2.17. The molecule has 1 amide bonds. The Balaban J connectivity index is 1.40. The SMILES string of the molecule is CNC(=O)COc1ccc(CNCC2CNc3ccnn3C2)cc1. The Morgan fingerprint density at radius 2 is 2.21 bits per heavy atom. The normalized spacial score (nSPS) is 16.1. The number of carbonyl (C=O) groups excluding carboxylic acids is 1. The topological polar surface area (TPSA) is 80.2 Å². The summed E-state index contributed by atoms with van der Waals surface area (Å²) in [7, 11) is 1.59. The molecule has 1 atom stereocenters. The molecule has 2 aromatic rings. The van der Waals surface area contributed by atoms with Crippen molar-refractivity contribution in [2.45, 2.75) is 13.1 Å². The molecule has 7 heteroatoms. The number of rotatable bonds is 7. The molecular weight excluding hydrogens is 306 g/mol. The maximum atomic E-state index is 11.1. The largest absolute Gasteiger partial charge is 0.484 e. The predicted molar refractivity (Wildman–Crippen MR) is 91.9 cm³/mol. The fourth-order valence-electron chi connectivity index (χ4n) is 2.67. The number of ether oxygens (including phenoxy) is 1. The van der Waals surface area contributed by atoms with E-state index in [4.69, 9.17) is 4.74 Å². The van der Waals surface area contributed by atoms with Crippen molar-refractivity contribution in [3.63, 3.8) is 0 Å². The van der Waals surface area contributed by atoms with Crippen molar-refractivity contribution in [2.75, 3.05) is 32.1 Å². The molecular formula is C17H23N5O2. The third-order valence-corrected chi connectivity index (χ3v) is 4.05. The summed E-state index contributed by atoms with van der Waals surface area (Å²) < 4.78 is 7.40. The van der Waals surface area contributed by atoms with Gasteiger partial charge in [0.15, 0.2) is 6.61 Å². The van der Waals surface area contributed by atoms with Gasteiger partial charge in [-0.1, -0.05) is 12.1 Å². The molecule has 0 bridgehead atoms. The molecule has 7 nitrogen and oxygen atoms in total. The molecule has 1 aliphatic heterocycles. The minimum Gasteiger partial charge on any atom is -0.484 e. The molecule has 1 aromatic carbocycles. The number of aromatic nitrogens is 2. The van der Waals surface area contributed by atoms with E-state index in [-0.39, 0.29) is 12.5 Å². The lowest BCUT2D eigenvalue weighted by Gasteiger charge is -2.25. The zero-order valence-corrected chi connectivity index (χ0v) is 13.8. The van der Waals surface area contributed by atoms with E-state index in [1.807, 2.05) is 41.2 Å². The van der Waals surface area contributed by atoms with Gasteiger partial charge in [-0.25, -0.2) is 4.68 Å². The van der Waals surface area contributed by atoms with E-state index >= 15 is 0 Å². The van der Waals surface area contributed by atoms with Gasteiger partial charge in [-0.15, -0.1) is 0 Å². The Labute approximate surface area is 141 Å². The second-order valence-corrected chi connectivity index (χ2v) is 5.88. The van der Waals surface area contributed by atoms with Gasteiger partial charge in [-0.2, -0.15) is 5.10 Å². The fourth-order valence-corrected chi connectivity index (χ4v) is 2.67. The van der Waals surface area contributed by atoms with Gasteiger partial charge in [0.25, 0.3) is 5.91 Å². The van der Waals surface area contributed by atoms with Gasteiger partial charge >= 0.3 is 0 Å². The second-order valence-electron chi connectivity index (χ2n) is 5.88. The molecule has 2 heterocycles. The van der Waals surface area contributed by atoms with Crippen molar-refractivity contribution < 1.29 is 9.53 Å². The number of likely N-dealkylation sites (N-methyl/N-ethyl adjacent to an activating group) is 1.